The third-order valence-corrected chi connectivity index (χ3v) is 6.01. The maximum Gasteiger partial charge on any atom is 0.261 e. The molecule has 0 unspecified atom stereocenters. The van der Waals surface area contributed by atoms with Crippen molar-refractivity contribution in [3.63, 3.8) is 0 Å². The first-order valence-corrected chi connectivity index (χ1v) is 10.6. The van der Waals surface area contributed by atoms with Crippen LogP contribution in [0.3, 0.4) is 0 Å². The molecule has 8 heteroatoms. The summed E-state index contributed by atoms with van der Waals surface area (Å²) in [7, 11) is 1.89. The van der Waals surface area contributed by atoms with E-state index < -0.39 is 0 Å². The molecule has 0 radical (unpaired) electrons. The van der Waals surface area contributed by atoms with Crippen LogP contribution in [0.5, 0.6) is 0 Å². The summed E-state index contributed by atoms with van der Waals surface area (Å²) in [6, 6.07) is 13.4. The Bertz CT molecular complexity index is 1410. The number of rotatable bonds is 4. The highest BCUT2D eigenvalue weighted by molar-refractivity contribution is 5.95. The molecule has 8 nitrogen and oxygen atoms in total. The van der Waals surface area contributed by atoms with E-state index in [1.54, 1.807) is 17.3 Å². The first-order valence-electron chi connectivity index (χ1n) is 10.6. The number of hydrogen-bond donors (Lipinski definition) is 1. The summed E-state index contributed by atoms with van der Waals surface area (Å²) in [4.78, 5) is 39.1. The molecular formula is C24H23N5O3. The van der Waals surface area contributed by atoms with E-state index in [1.165, 1.54) is 4.57 Å². The number of aromatic nitrogens is 3. The number of amides is 1. The summed E-state index contributed by atoms with van der Waals surface area (Å²) in [5, 5.41) is 9.96. The van der Waals surface area contributed by atoms with Crippen LogP contribution >= 0.6 is 0 Å². The second kappa shape index (κ2) is 7.96. The standard InChI is InChI=1S/C24H23N5O3/c1-27-21-6-5-18(13-17(21)14-25-27)26-20-4-2-3-16-7-10-29(24(32)23(16)20)15-22(31)28-11-8-19(30)9-12-28/h2-7,10,13-14,26H,8-9,11-12,15H2,1H3. The molecule has 162 valence electrons. The fourth-order valence-electron chi connectivity index (χ4n) is 4.21. The van der Waals surface area contributed by atoms with E-state index in [4.69, 9.17) is 0 Å². The number of likely N-dealkylation sites (tertiary alicyclic amines) is 1. The Balaban J connectivity index is 1.46. The second-order valence-electron chi connectivity index (χ2n) is 8.10. The number of carbonyl (C=O) groups excluding carboxylic acids is 2. The number of aryl methyl sites for hydroxylation is 1. The van der Waals surface area contributed by atoms with Gasteiger partial charge in [-0.25, -0.2) is 0 Å². The number of Topliss-reactive ketones (excluding diaryl/α,β-unsaturated/α-hetero) is 1. The van der Waals surface area contributed by atoms with Gasteiger partial charge in [-0.3, -0.25) is 19.1 Å². The van der Waals surface area contributed by atoms with Gasteiger partial charge < -0.3 is 14.8 Å². The van der Waals surface area contributed by atoms with Crippen molar-refractivity contribution in [1.82, 2.24) is 19.2 Å². The van der Waals surface area contributed by atoms with E-state index in [1.807, 2.05) is 54.2 Å². The van der Waals surface area contributed by atoms with Gasteiger partial charge in [-0.05, 0) is 35.7 Å². The normalized spacial score (nSPS) is 14.3. The van der Waals surface area contributed by atoms with Gasteiger partial charge in [0.15, 0.2) is 0 Å². The molecule has 0 atom stereocenters. The first-order chi connectivity index (χ1) is 15.5. The van der Waals surface area contributed by atoms with Crippen LogP contribution in [0, 0.1) is 0 Å². The molecular weight excluding hydrogens is 406 g/mol. The third kappa shape index (κ3) is 3.64. The van der Waals surface area contributed by atoms with E-state index >= 15 is 0 Å². The summed E-state index contributed by atoms with van der Waals surface area (Å²) in [5.74, 6) is 0.0310. The molecule has 0 spiro atoms. The lowest BCUT2D eigenvalue weighted by Crippen LogP contribution is -2.41. The van der Waals surface area contributed by atoms with E-state index in [-0.39, 0.29) is 23.8 Å². The van der Waals surface area contributed by atoms with E-state index in [9.17, 15) is 14.4 Å². The van der Waals surface area contributed by atoms with Crippen LogP contribution in [0.1, 0.15) is 12.8 Å². The SMILES string of the molecule is Cn1ncc2cc(Nc3cccc4ccn(CC(=O)N5CCC(=O)CC5)c(=O)c34)ccc21. The van der Waals surface area contributed by atoms with Gasteiger partial charge in [0.2, 0.25) is 5.91 Å². The Labute approximate surface area is 184 Å². The van der Waals surface area contributed by atoms with Gasteiger partial charge >= 0.3 is 0 Å². The molecule has 1 N–H and O–H groups in total. The summed E-state index contributed by atoms with van der Waals surface area (Å²) in [6.07, 6.45) is 4.22. The fraction of sp³-hybridized carbons (Fsp3) is 0.250. The van der Waals surface area contributed by atoms with Crippen molar-refractivity contribution in [3.05, 3.63) is 65.2 Å². The summed E-state index contributed by atoms with van der Waals surface area (Å²) >= 11 is 0. The van der Waals surface area contributed by atoms with Gasteiger partial charge in [0, 0.05) is 50.2 Å². The van der Waals surface area contributed by atoms with E-state index in [0.29, 0.717) is 37.0 Å². The van der Waals surface area contributed by atoms with Crippen molar-refractivity contribution in [1.29, 1.82) is 0 Å². The quantitative estimate of drug-likeness (QED) is 0.539. The number of piperidine rings is 1. The van der Waals surface area contributed by atoms with E-state index in [2.05, 4.69) is 10.4 Å². The van der Waals surface area contributed by atoms with Crippen LogP contribution in [-0.4, -0.2) is 44.0 Å². The molecule has 0 bridgehead atoms. The number of nitrogens with one attached hydrogen (secondary N) is 1. The minimum Gasteiger partial charge on any atom is -0.355 e. The number of hydrogen-bond acceptors (Lipinski definition) is 5. The van der Waals surface area contributed by atoms with Crippen molar-refractivity contribution < 1.29 is 9.59 Å². The minimum atomic E-state index is -0.227. The van der Waals surface area contributed by atoms with Crippen LogP contribution < -0.4 is 10.9 Å². The molecule has 3 heterocycles. The van der Waals surface area contributed by atoms with Crippen molar-refractivity contribution in [2.24, 2.45) is 7.05 Å². The Morgan fingerprint density at radius 2 is 1.88 bits per heavy atom. The van der Waals surface area contributed by atoms with Crippen molar-refractivity contribution in [2.45, 2.75) is 19.4 Å². The van der Waals surface area contributed by atoms with Gasteiger partial charge in [0.1, 0.15) is 12.3 Å². The average Bonchev–Trinajstić information content (AvgIpc) is 3.16. The third-order valence-electron chi connectivity index (χ3n) is 6.01. The average molecular weight is 429 g/mol. The van der Waals surface area contributed by atoms with E-state index in [0.717, 1.165) is 22.0 Å². The smallest absolute Gasteiger partial charge is 0.261 e. The predicted octanol–water partition coefficient (Wildman–Crippen LogP) is 2.82. The van der Waals surface area contributed by atoms with Gasteiger partial charge in [0.05, 0.1) is 22.8 Å². The topological polar surface area (TPSA) is 89.2 Å². The summed E-state index contributed by atoms with van der Waals surface area (Å²) in [6.45, 7) is 0.798. The molecule has 0 saturated carbocycles. The highest BCUT2D eigenvalue weighted by Crippen LogP contribution is 2.26. The molecule has 2 aromatic carbocycles. The zero-order valence-electron chi connectivity index (χ0n) is 17.7. The van der Waals surface area contributed by atoms with Crippen molar-refractivity contribution >= 4 is 44.7 Å². The van der Waals surface area contributed by atoms with Crippen molar-refractivity contribution in [3.8, 4) is 0 Å². The van der Waals surface area contributed by atoms with Gasteiger partial charge in [-0.1, -0.05) is 12.1 Å². The van der Waals surface area contributed by atoms with Crippen LogP contribution in [0.25, 0.3) is 21.7 Å². The zero-order chi connectivity index (χ0) is 22.2. The molecule has 32 heavy (non-hydrogen) atoms. The predicted molar refractivity (Wildman–Crippen MR) is 123 cm³/mol. The lowest BCUT2D eigenvalue weighted by molar-refractivity contribution is -0.135. The number of ketones is 1. The molecule has 1 saturated heterocycles. The summed E-state index contributed by atoms with van der Waals surface area (Å²) < 4.78 is 3.25. The van der Waals surface area contributed by atoms with Crippen molar-refractivity contribution in [2.75, 3.05) is 18.4 Å². The number of anilines is 2. The highest BCUT2D eigenvalue weighted by atomic mass is 16.2. The molecule has 1 amide bonds. The Morgan fingerprint density at radius 1 is 1.06 bits per heavy atom. The number of carbonyl (C=O) groups is 2. The highest BCUT2D eigenvalue weighted by Gasteiger charge is 2.21. The van der Waals surface area contributed by atoms with Crippen LogP contribution in [0.2, 0.25) is 0 Å². The number of benzene rings is 2. The van der Waals surface area contributed by atoms with Gasteiger partial charge in [-0.2, -0.15) is 5.10 Å². The lowest BCUT2D eigenvalue weighted by Gasteiger charge is -2.26. The molecule has 1 fully saturated rings. The molecule has 2 aromatic heterocycles. The summed E-state index contributed by atoms with van der Waals surface area (Å²) in [5.41, 5.74) is 2.33. The number of fused-ring (bicyclic) bond motifs is 2. The first kappa shape index (κ1) is 20.0. The maximum atomic E-state index is 13.3. The van der Waals surface area contributed by atoms with Crippen LogP contribution in [0.15, 0.2) is 59.7 Å². The van der Waals surface area contributed by atoms with Crippen LogP contribution in [-0.2, 0) is 23.2 Å². The van der Waals surface area contributed by atoms with Crippen LogP contribution in [0.4, 0.5) is 11.4 Å². The molecule has 5 rings (SSSR count). The second-order valence-corrected chi connectivity index (χ2v) is 8.10. The zero-order valence-corrected chi connectivity index (χ0v) is 17.7. The molecule has 4 aromatic rings. The van der Waals surface area contributed by atoms with Gasteiger partial charge in [0.25, 0.3) is 5.56 Å². The monoisotopic (exact) mass is 429 g/mol. The van der Waals surface area contributed by atoms with Gasteiger partial charge in [-0.15, -0.1) is 0 Å². The Hall–Kier alpha value is -3.94. The lowest BCUT2D eigenvalue weighted by atomic mass is 10.1. The Morgan fingerprint density at radius 3 is 2.69 bits per heavy atom. The number of nitrogens with zero attached hydrogens (tertiary/aromatic N) is 4. The Kier molecular flexibility index (Phi) is 4.97. The molecule has 1 aliphatic rings. The fourth-order valence-corrected chi connectivity index (χ4v) is 4.21. The maximum absolute atomic E-state index is 13.3. The minimum absolute atomic E-state index is 0.0427. The molecule has 1 aliphatic heterocycles. The number of pyridine rings is 1. The largest absolute Gasteiger partial charge is 0.355 e. The molecule has 0 aliphatic carbocycles.